The number of halogens is 2. The van der Waals surface area contributed by atoms with Crippen LogP contribution in [0.1, 0.15) is 19.4 Å². The van der Waals surface area contributed by atoms with Gasteiger partial charge in [-0.3, -0.25) is 0 Å². The Kier molecular flexibility index (Phi) is 3.20. The van der Waals surface area contributed by atoms with Gasteiger partial charge in [0.1, 0.15) is 11.6 Å². The van der Waals surface area contributed by atoms with Crippen molar-refractivity contribution in [2.24, 2.45) is 0 Å². The molecule has 0 saturated carbocycles. The van der Waals surface area contributed by atoms with Crippen LogP contribution >= 0.6 is 0 Å². The molecule has 0 spiro atoms. The summed E-state index contributed by atoms with van der Waals surface area (Å²) in [6.45, 7) is 3.98. The smallest absolute Gasteiger partial charge is 0.246 e. The lowest BCUT2D eigenvalue weighted by atomic mass is 10.2. The molecule has 0 amide bonds. The topological polar surface area (TPSA) is 30.5 Å². The van der Waals surface area contributed by atoms with Crippen LogP contribution in [0.15, 0.2) is 36.4 Å². The molecule has 1 heterocycles. The van der Waals surface area contributed by atoms with Crippen LogP contribution in [-0.2, 0) is 6.54 Å². The Morgan fingerprint density at radius 1 is 0.952 bits per heavy atom. The lowest BCUT2D eigenvalue weighted by Crippen LogP contribution is -2.29. The average molecular weight is 291 g/mol. The van der Waals surface area contributed by atoms with Crippen LogP contribution in [0.2, 0.25) is 0 Å². The number of hydrogen-bond donors (Lipinski definition) is 1. The fourth-order valence-electron chi connectivity index (χ4n) is 2.25. The fraction of sp³-hybridized carbons (Fsp3) is 0.250. The van der Waals surface area contributed by atoms with E-state index in [-0.39, 0.29) is 0 Å². The van der Waals surface area contributed by atoms with E-state index in [0.717, 1.165) is 11.8 Å². The molecule has 2 aromatic carbocycles. The summed E-state index contributed by atoms with van der Waals surface area (Å²) in [4.78, 5) is 0. The minimum atomic E-state index is -0.674. The van der Waals surface area contributed by atoms with Gasteiger partial charge in [-0.2, -0.15) is 0 Å². The van der Waals surface area contributed by atoms with E-state index in [2.05, 4.69) is 5.32 Å². The molecule has 0 radical (unpaired) electrons. The standard InChI is InChI=1S/C16H15F2NO2/c1-16(2)20-14-4-3-13(8-15(14)21-16)19-9-10-5-11(17)7-12(18)6-10/h3-8,19H,9H2,1-2H3. The molecule has 0 bridgehead atoms. The third-order valence-corrected chi connectivity index (χ3v) is 3.07. The minimum absolute atomic E-state index is 0.317. The molecule has 110 valence electrons. The zero-order valence-corrected chi connectivity index (χ0v) is 11.7. The van der Waals surface area contributed by atoms with E-state index < -0.39 is 17.4 Å². The summed E-state index contributed by atoms with van der Waals surface area (Å²) in [5, 5.41) is 3.10. The van der Waals surface area contributed by atoms with Crippen LogP contribution in [0.5, 0.6) is 11.5 Å². The zero-order chi connectivity index (χ0) is 15.0. The fourth-order valence-corrected chi connectivity index (χ4v) is 2.25. The van der Waals surface area contributed by atoms with Gasteiger partial charge in [-0.25, -0.2) is 8.78 Å². The van der Waals surface area contributed by atoms with E-state index in [1.54, 1.807) is 12.1 Å². The van der Waals surface area contributed by atoms with Crippen LogP contribution < -0.4 is 14.8 Å². The first-order valence-electron chi connectivity index (χ1n) is 6.62. The predicted octanol–water partition coefficient (Wildman–Crippen LogP) is 4.08. The summed E-state index contributed by atoms with van der Waals surface area (Å²) in [6, 6.07) is 8.89. The summed E-state index contributed by atoms with van der Waals surface area (Å²) in [6.07, 6.45) is 0. The molecule has 3 rings (SSSR count). The highest BCUT2D eigenvalue weighted by molar-refractivity contribution is 5.56. The first kappa shape index (κ1) is 13.7. The lowest BCUT2D eigenvalue weighted by molar-refractivity contribution is -0.0431. The minimum Gasteiger partial charge on any atom is -0.449 e. The Hall–Kier alpha value is -2.30. The molecule has 1 N–H and O–H groups in total. The van der Waals surface area contributed by atoms with Gasteiger partial charge in [0.25, 0.3) is 0 Å². The molecule has 21 heavy (non-hydrogen) atoms. The SMILES string of the molecule is CC1(C)Oc2ccc(NCc3cc(F)cc(F)c3)cc2O1. The first-order chi connectivity index (χ1) is 9.91. The normalized spacial score (nSPS) is 15.0. The van der Waals surface area contributed by atoms with Crippen molar-refractivity contribution in [2.75, 3.05) is 5.32 Å². The van der Waals surface area contributed by atoms with Crippen molar-refractivity contribution in [3.8, 4) is 11.5 Å². The van der Waals surface area contributed by atoms with Gasteiger partial charge < -0.3 is 14.8 Å². The molecule has 3 nitrogen and oxygen atoms in total. The summed E-state index contributed by atoms with van der Waals surface area (Å²) in [7, 11) is 0. The van der Waals surface area contributed by atoms with E-state index in [9.17, 15) is 8.78 Å². The highest BCUT2D eigenvalue weighted by Crippen LogP contribution is 2.40. The molecule has 5 heteroatoms. The van der Waals surface area contributed by atoms with E-state index in [0.29, 0.717) is 23.6 Å². The molecule has 0 aromatic heterocycles. The maximum absolute atomic E-state index is 13.1. The van der Waals surface area contributed by atoms with Crippen molar-refractivity contribution in [3.63, 3.8) is 0 Å². The maximum Gasteiger partial charge on any atom is 0.246 e. The summed E-state index contributed by atoms with van der Waals surface area (Å²) in [5.74, 6) is -0.511. The lowest BCUT2D eigenvalue weighted by Gasteiger charge is -2.16. The average Bonchev–Trinajstić information content (AvgIpc) is 2.68. The number of anilines is 1. The molecule has 0 unspecified atom stereocenters. The van der Waals surface area contributed by atoms with E-state index >= 15 is 0 Å². The third kappa shape index (κ3) is 3.07. The van der Waals surface area contributed by atoms with E-state index in [1.807, 2.05) is 19.9 Å². The monoisotopic (exact) mass is 291 g/mol. The van der Waals surface area contributed by atoms with E-state index in [4.69, 9.17) is 9.47 Å². The summed E-state index contributed by atoms with van der Waals surface area (Å²) in [5.41, 5.74) is 1.32. The molecule has 0 saturated heterocycles. The van der Waals surface area contributed by atoms with Crippen LogP contribution in [0.3, 0.4) is 0 Å². The molecule has 2 aromatic rings. The van der Waals surface area contributed by atoms with Crippen molar-refractivity contribution < 1.29 is 18.3 Å². The van der Waals surface area contributed by atoms with Crippen molar-refractivity contribution >= 4 is 5.69 Å². The Labute approximate surface area is 121 Å². The Morgan fingerprint density at radius 3 is 2.33 bits per heavy atom. The van der Waals surface area contributed by atoms with Gasteiger partial charge in [-0.1, -0.05) is 0 Å². The molecule has 0 atom stereocenters. The van der Waals surface area contributed by atoms with Gasteiger partial charge in [0.2, 0.25) is 5.79 Å². The number of benzene rings is 2. The van der Waals surface area contributed by atoms with Crippen LogP contribution in [0, 0.1) is 11.6 Å². The molecule has 0 aliphatic carbocycles. The highest BCUT2D eigenvalue weighted by atomic mass is 19.1. The number of rotatable bonds is 3. The van der Waals surface area contributed by atoms with E-state index in [1.165, 1.54) is 12.1 Å². The quantitative estimate of drug-likeness (QED) is 0.924. The summed E-state index contributed by atoms with van der Waals surface area (Å²) >= 11 is 0. The predicted molar refractivity (Wildman–Crippen MR) is 75.5 cm³/mol. The Balaban J connectivity index is 1.72. The second kappa shape index (κ2) is 4.91. The molecular formula is C16H15F2NO2. The van der Waals surface area contributed by atoms with Crippen molar-refractivity contribution in [1.82, 2.24) is 0 Å². The summed E-state index contributed by atoms with van der Waals surface area (Å²) < 4.78 is 37.5. The van der Waals surface area contributed by atoms with Gasteiger partial charge in [0, 0.05) is 38.2 Å². The molecule has 0 fully saturated rings. The zero-order valence-electron chi connectivity index (χ0n) is 11.7. The number of ether oxygens (including phenoxy) is 2. The van der Waals surface area contributed by atoms with Gasteiger partial charge in [0.15, 0.2) is 11.5 Å². The number of hydrogen-bond acceptors (Lipinski definition) is 3. The Morgan fingerprint density at radius 2 is 1.62 bits per heavy atom. The van der Waals surface area contributed by atoms with Crippen LogP contribution in [0.25, 0.3) is 0 Å². The van der Waals surface area contributed by atoms with Gasteiger partial charge >= 0.3 is 0 Å². The highest BCUT2D eigenvalue weighted by Gasteiger charge is 2.31. The number of fused-ring (bicyclic) bond motifs is 1. The maximum atomic E-state index is 13.1. The van der Waals surface area contributed by atoms with Gasteiger partial charge in [-0.05, 0) is 29.8 Å². The van der Waals surface area contributed by atoms with Crippen molar-refractivity contribution in [3.05, 3.63) is 53.6 Å². The largest absolute Gasteiger partial charge is 0.449 e. The van der Waals surface area contributed by atoms with Crippen molar-refractivity contribution in [2.45, 2.75) is 26.2 Å². The van der Waals surface area contributed by atoms with Gasteiger partial charge in [-0.15, -0.1) is 0 Å². The van der Waals surface area contributed by atoms with Crippen molar-refractivity contribution in [1.29, 1.82) is 0 Å². The van der Waals surface area contributed by atoms with Gasteiger partial charge in [0.05, 0.1) is 0 Å². The second-order valence-electron chi connectivity index (χ2n) is 5.40. The second-order valence-corrected chi connectivity index (χ2v) is 5.40. The number of nitrogens with one attached hydrogen (secondary N) is 1. The molecule has 1 aliphatic heterocycles. The first-order valence-corrected chi connectivity index (χ1v) is 6.62. The third-order valence-electron chi connectivity index (χ3n) is 3.07. The molecular weight excluding hydrogens is 276 g/mol. The van der Waals surface area contributed by atoms with Crippen LogP contribution in [-0.4, -0.2) is 5.79 Å². The Bertz CT molecular complexity index is 666. The van der Waals surface area contributed by atoms with Crippen LogP contribution in [0.4, 0.5) is 14.5 Å². The molecule has 1 aliphatic rings.